The number of alkyl halides is 3. The molecule has 0 bridgehead atoms. The Bertz CT molecular complexity index is 376. The van der Waals surface area contributed by atoms with Crippen molar-refractivity contribution in [3.63, 3.8) is 0 Å². The minimum absolute atomic E-state index is 0.148. The Morgan fingerprint density at radius 1 is 1.37 bits per heavy atom. The Balaban J connectivity index is 2.65. The van der Waals surface area contributed by atoms with Crippen molar-refractivity contribution in [2.24, 2.45) is 0 Å². The summed E-state index contributed by atoms with van der Waals surface area (Å²) in [5, 5.41) is 3.30. The Morgan fingerprint density at radius 2 is 2.05 bits per heavy atom. The van der Waals surface area contributed by atoms with Crippen LogP contribution in [0.4, 0.5) is 19.0 Å². The van der Waals surface area contributed by atoms with E-state index in [2.05, 4.69) is 17.2 Å². The van der Waals surface area contributed by atoms with Crippen molar-refractivity contribution in [2.75, 3.05) is 25.0 Å². The van der Waals surface area contributed by atoms with Gasteiger partial charge in [-0.05, 0) is 31.5 Å². The number of anilines is 1. The number of pyridine rings is 1. The summed E-state index contributed by atoms with van der Waals surface area (Å²) in [7, 11) is 1.38. The second-order valence-electron chi connectivity index (χ2n) is 4.60. The third-order valence-electron chi connectivity index (χ3n) is 2.78. The molecule has 0 radical (unpaired) electrons. The molecule has 1 unspecified atom stereocenters. The van der Waals surface area contributed by atoms with E-state index in [1.54, 1.807) is 12.3 Å². The molecule has 0 aliphatic carbocycles. The monoisotopic (exact) mass is 275 g/mol. The van der Waals surface area contributed by atoms with E-state index in [9.17, 15) is 13.2 Å². The lowest BCUT2D eigenvalue weighted by molar-refractivity contribution is -0.119. The molecule has 1 heterocycles. The van der Waals surface area contributed by atoms with E-state index in [0.29, 0.717) is 5.82 Å². The zero-order valence-electron chi connectivity index (χ0n) is 11.5. The molecule has 0 amide bonds. The average molecular weight is 275 g/mol. The molecule has 0 aromatic carbocycles. The number of hydrogen-bond donors (Lipinski definition) is 1. The van der Waals surface area contributed by atoms with Crippen molar-refractivity contribution in [3.05, 3.63) is 23.9 Å². The van der Waals surface area contributed by atoms with Crippen LogP contribution in [0.1, 0.15) is 31.9 Å². The summed E-state index contributed by atoms with van der Waals surface area (Å²) in [5.41, 5.74) is 0.970. The topological polar surface area (TPSA) is 28.2 Å². The van der Waals surface area contributed by atoms with Crippen molar-refractivity contribution in [2.45, 2.75) is 32.5 Å². The molecule has 19 heavy (non-hydrogen) atoms. The summed E-state index contributed by atoms with van der Waals surface area (Å²) in [4.78, 5) is 5.17. The molecular formula is C13H20F3N3. The molecule has 0 fully saturated rings. The number of aromatic nitrogens is 1. The molecule has 1 aromatic heterocycles. The number of halogens is 3. The maximum absolute atomic E-state index is 12.3. The van der Waals surface area contributed by atoms with E-state index in [1.807, 2.05) is 13.0 Å². The van der Waals surface area contributed by atoms with Crippen molar-refractivity contribution in [1.82, 2.24) is 10.3 Å². The maximum atomic E-state index is 12.3. The van der Waals surface area contributed by atoms with Gasteiger partial charge in [0.1, 0.15) is 12.4 Å². The van der Waals surface area contributed by atoms with Gasteiger partial charge in [-0.25, -0.2) is 4.98 Å². The first-order valence-corrected chi connectivity index (χ1v) is 6.30. The summed E-state index contributed by atoms with van der Waals surface area (Å²) in [5.74, 6) is 0.323. The van der Waals surface area contributed by atoms with Crippen LogP contribution in [0.5, 0.6) is 0 Å². The third-order valence-corrected chi connectivity index (χ3v) is 2.78. The lowest BCUT2D eigenvalue weighted by Crippen LogP contribution is -2.31. The van der Waals surface area contributed by atoms with Gasteiger partial charge in [0, 0.05) is 19.3 Å². The number of nitrogens with one attached hydrogen (secondary N) is 1. The Kier molecular flexibility index (Phi) is 5.60. The van der Waals surface area contributed by atoms with Gasteiger partial charge in [-0.3, -0.25) is 0 Å². The SMILES string of the molecule is CCCNC(C)c1ccc(N(C)CC(F)(F)F)nc1. The first-order chi connectivity index (χ1) is 8.83. The molecule has 0 saturated carbocycles. The normalized spacial score (nSPS) is 13.4. The van der Waals surface area contributed by atoms with E-state index in [-0.39, 0.29) is 6.04 Å². The molecule has 1 rings (SSSR count). The molecule has 6 heteroatoms. The van der Waals surface area contributed by atoms with E-state index in [1.165, 1.54) is 7.05 Å². The van der Waals surface area contributed by atoms with E-state index >= 15 is 0 Å². The van der Waals surface area contributed by atoms with Crippen LogP contribution >= 0.6 is 0 Å². The predicted molar refractivity (Wildman–Crippen MR) is 70.3 cm³/mol. The Morgan fingerprint density at radius 3 is 2.53 bits per heavy atom. The van der Waals surface area contributed by atoms with E-state index < -0.39 is 12.7 Å². The molecule has 0 saturated heterocycles. The highest BCUT2D eigenvalue weighted by atomic mass is 19.4. The molecule has 0 aliphatic heterocycles. The van der Waals surface area contributed by atoms with E-state index in [0.717, 1.165) is 23.4 Å². The highest BCUT2D eigenvalue weighted by Gasteiger charge is 2.29. The van der Waals surface area contributed by atoms with Crippen molar-refractivity contribution < 1.29 is 13.2 Å². The van der Waals surface area contributed by atoms with Gasteiger partial charge < -0.3 is 10.2 Å². The van der Waals surface area contributed by atoms with Crippen LogP contribution in [0.15, 0.2) is 18.3 Å². The molecule has 3 nitrogen and oxygen atoms in total. The van der Waals surface area contributed by atoms with Gasteiger partial charge in [0.2, 0.25) is 0 Å². The van der Waals surface area contributed by atoms with Crippen LogP contribution < -0.4 is 10.2 Å². The molecule has 1 aromatic rings. The molecule has 1 N–H and O–H groups in total. The fraction of sp³-hybridized carbons (Fsp3) is 0.615. The fourth-order valence-electron chi connectivity index (χ4n) is 1.71. The van der Waals surface area contributed by atoms with Crippen molar-refractivity contribution >= 4 is 5.82 Å². The van der Waals surface area contributed by atoms with Crippen molar-refractivity contribution in [3.8, 4) is 0 Å². The summed E-state index contributed by atoms with van der Waals surface area (Å²) >= 11 is 0. The minimum Gasteiger partial charge on any atom is -0.351 e. The largest absolute Gasteiger partial charge is 0.405 e. The quantitative estimate of drug-likeness (QED) is 0.864. The van der Waals surface area contributed by atoms with E-state index in [4.69, 9.17) is 0 Å². The molecule has 1 atom stereocenters. The first-order valence-electron chi connectivity index (χ1n) is 6.30. The number of nitrogens with zero attached hydrogens (tertiary/aromatic N) is 2. The van der Waals surface area contributed by atoms with Gasteiger partial charge in [0.15, 0.2) is 0 Å². The highest BCUT2D eigenvalue weighted by Crippen LogP contribution is 2.20. The summed E-state index contributed by atoms with van der Waals surface area (Å²) in [6, 6.07) is 3.57. The van der Waals surface area contributed by atoms with Gasteiger partial charge in [-0.15, -0.1) is 0 Å². The van der Waals surface area contributed by atoms with Gasteiger partial charge in [0.25, 0.3) is 0 Å². The van der Waals surface area contributed by atoms with Gasteiger partial charge in [-0.1, -0.05) is 13.0 Å². The predicted octanol–water partition coefficient (Wildman–Crippen LogP) is 3.14. The van der Waals surface area contributed by atoms with Crippen LogP contribution in [0.3, 0.4) is 0 Å². The zero-order valence-corrected chi connectivity index (χ0v) is 11.5. The molecule has 108 valence electrons. The summed E-state index contributed by atoms with van der Waals surface area (Å²) < 4.78 is 36.8. The maximum Gasteiger partial charge on any atom is 0.405 e. The third kappa shape index (κ3) is 5.46. The number of rotatable bonds is 6. The van der Waals surface area contributed by atoms with Crippen molar-refractivity contribution in [1.29, 1.82) is 0 Å². The highest BCUT2D eigenvalue weighted by molar-refractivity contribution is 5.39. The van der Waals surface area contributed by atoms with Crippen LogP contribution in [0, 0.1) is 0 Å². The first kappa shape index (κ1) is 15.8. The lowest BCUT2D eigenvalue weighted by atomic mass is 10.1. The Hall–Kier alpha value is -1.30. The van der Waals surface area contributed by atoms with Crippen LogP contribution in [0.2, 0.25) is 0 Å². The molecule has 0 spiro atoms. The van der Waals surface area contributed by atoms with Crippen LogP contribution in [-0.4, -0.2) is 31.3 Å². The van der Waals surface area contributed by atoms with Gasteiger partial charge >= 0.3 is 6.18 Å². The van der Waals surface area contributed by atoms with Gasteiger partial charge in [0.05, 0.1) is 0 Å². The molecular weight excluding hydrogens is 255 g/mol. The van der Waals surface area contributed by atoms with Crippen LogP contribution in [0.25, 0.3) is 0 Å². The zero-order chi connectivity index (χ0) is 14.5. The standard InChI is InChI=1S/C13H20F3N3/c1-4-7-17-10(2)11-5-6-12(18-8-11)19(3)9-13(14,15)16/h5-6,8,10,17H,4,7,9H2,1-3H3. The fourth-order valence-corrected chi connectivity index (χ4v) is 1.71. The summed E-state index contributed by atoms with van der Waals surface area (Å²) in [6.07, 6.45) is -1.56. The minimum atomic E-state index is -4.22. The summed E-state index contributed by atoms with van der Waals surface area (Å²) in [6.45, 7) is 3.98. The van der Waals surface area contributed by atoms with Gasteiger partial charge in [-0.2, -0.15) is 13.2 Å². The Labute approximate surface area is 111 Å². The lowest BCUT2D eigenvalue weighted by Gasteiger charge is -2.20. The number of hydrogen-bond acceptors (Lipinski definition) is 3. The second kappa shape index (κ2) is 6.75. The second-order valence-corrected chi connectivity index (χ2v) is 4.60. The average Bonchev–Trinajstić information content (AvgIpc) is 2.34. The molecule has 0 aliphatic rings. The smallest absolute Gasteiger partial charge is 0.351 e. The van der Waals surface area contributed by atoms with Crippen LogP contribution in [-0.2, 0) is 0 Å².